The number of halogens is 1. The van der Waals surface area contributed by atoms with Crippen LogP contribution in [0.5, 0.6) is 0 Å². The number of hydrazone groups is 1. The van der Waals surface area contributed by atoms with Crippen molar-refractivity contribution in [2.45, 2.75) is 47.8 Å². The Labute approximate surface area is 213 Å². The van der Waals surface area contributed by atoms with Gasteiger partial charge >= 0.3 is 0 Å². The predicted molar refractivity (Wildman–Crippen MR) is 139 cm³/mol. The molecule has 8 nitrogen and oxygen atoms in total. The second kappa shape index (κ2) is 10.8. The molecule has 35 heavy (non-hydrogen) atoms. The summed E-state index contributed by atoms with van der Waals surface area (Å²) in [5.74, 6) is -0.481. The molecule has 1 aromatic carbocycles. The Hall–Kier alpha value is -3.48. The summed E-state index contributed by atoms with van der Waals surface area (Å²) in [5.41, 5.74) is 9.28. The van der Waals surface area contributed by atoms with Gasteiger partial charge in [-0.1, -0.05) is 18.2 Å². The standard InChI is InChI=1S/C26H28BrN5O3/c1-15-8-7-9-16(2)25(15)32-17(3)10-20(18(32)4)12-29-30-23(33)13-31-19(5)24(27)22(14-35-6)21(11-28)26(31)34/h7-10,12H,13-14H2,1-6H3,(H,30,33)/b29-12-. The van der Waals surface area contributed by atoms with Gasteiger partial charge in [-0.25, -0.2) is 5.43 Å². The quantitative estimate of drug-likeness (QED) is 0.361. The molecule has 0 radical (unpaired) electrons. The summed E-state index contributed by atoms with van der Waals surface area (Å²) in [6, 6.07) is 10.1. The summed E-state index contributed by atoms with van der Waals surface area (Å²) in [6.45, 7) is 9.73. The smallest absolute Gasteiger partial charge is 0.269 e. The Kier molecular flexibility index (Phi) is 8.10. The van der Waals surface area contributed by atoms with Gasteiger partial charge in [-0.05, 0) is 67.7 Å². The number of para-hydroxylation sites is 1. The number of carbonyl (C=O) groups excluding carboxylic acids is 1. The predicted octanol–water partition coefficient (Wildman–Crippen LogP) is 4.11. The van der Waals surface area contributed by atoms with E-state index in [-0.39, 0.29) is 18.7 Å². The zero-order valence-electron chi connectivity index (χ0n) is 20.7. The van der Waals surface area contributed by atoms with Gasteiger partial charge in [0.05, 0.1) is 18.5 Å². The van der Waals surface area contributed by atoms with Crippen LogP contribution < -0.4 is 11.0 Å². The number of methoxy groups -OCH3 is 1. The Morgan fingerprint density at radius 1 is 1.20 bits per heavy atom. The maximum Gasteiger partial charge on any atom is 0.269 e. The number of aryl methyl sites for hydroxylation is 3. The average Bonchev–Trinajstić information content (AvgIpc) is 3.08. The van der Waals surface area contributed by atoms with E-state index in [0.717, 1.165) is 22.6 Å². The van der Waals surface area contributed by atoms with Crippen molar-refractivity contribution in [1.82, 2.24) is 14.6 Å². The number of benzene rings is 1. The number of nitrogens with zero attached hydrogens (tertiary/aromatic N) is 4. The van der Waals surface area contributed by atoms with Gasteiger partial charge in [0, 0.05) is 39.8 Å². The normalized spacial score (nSPS) is 11.1. The van der Waals surface area contributed by atoms with Gasteiger partial charge < -0.3 is 13.9 Å². The van der Waals surface area contributed by atoms with E-state index in [9.17, 15) is 14.9 Å². The van der Waals surface area contributed by atoms with Gasteiger partial charge in [0.1, 0.15) is 18.2 Å². The lowest BCUT2D eigenvalue weighted by atomic mass is 10.1. The molecule has 2 heterocycles. The molecule has 9 heteroatoms. The summed E-state index contributed by atoms with van der Waals surface area (Å²) in [4.78, 5) is 25.4. The Morgan fingerprint density at radius 2 is 1.86 bits per heavy atom. The maximum atomic E-state index is 12.8. The van der Waals surface area contributed by atoms with Crippen LogP contribution in [0.15, 0.2) is 38.6 Å². The fourth-order valence-electron chi connectivity index (χ4n) is 4.22. The van der Waals surface area contributed by atoms with Crippen LogP contribution in [-0.4, -0.2) is 28.4 Å². The fourth-order valence-corrected chi connectivity index (χ4v) is 4.75. The van der Waals surface area contributed by atoms with Crippen molar-refractivity contribution < 1.29 is 9.53 Å². The number of aromatic nitrogens is 2. The number of rotatable bonds is 7. The molecular formula is C26H28BrN5O3. The lowest BCUT2D eigenvalue weighted by Gasteiger charge is -2.15. The van der Waals surface area contributed by atoms with Crippen molar-refractivity contribution in [3.63, 3.8) is 0 Å². The van der Waals surface area contributed by atoms with E-state index in [1.165, 1.54) is 22.8 Å². The molecular weight excluding hydrogens is 510 g/mol. The highest BCUT2D eigenvalue weighted by Gasteiger charge is 2.19. The number of nitriles is 1. The Morgan fingerprint density at radius 3 is 2.46 bits per heavy atom. The summed E-state index contributed by atoms with van der Waals surface area (Å²) in [5, 5.41) is 13.6. The van der Waals surface area contributed by atoms with Crippen molar-refractivity contribution >= 4 is 28.1 Å². The zero-order valence-corrected chi connectivity index (χ0v) is 22.3. The number of carbonyl (C=O) groups is 1. The molecule has 0 aliphatic rings. The number of hydrogen-bond donors (Lipinski definition) is 1. The number of ether oxygens (including phenoxy) is 1. The molecule has 0 bridgehead atoms. The molecule has 0 spiro atoms. The van der Waals surface area contributed by atoms with Crippen LogP contribution in [0, 0.1) is 45.9 Å². The maximum absolute atomic E-state index is 12.8. The monoisotopic (exact) mass is 537 g/mol. The van der Waals surface area contributed by atoms with E-state index in [1.807, 2.05) is 32.0 Å². The number of nitrogens with one attached hydrogen (secondary N) is 1. The van der Waals surface area contributed by atoms with E-state index < -0.39 is 11.5 Å². The molecule has 0 unspecified atom stereocenters. The van der Waals surface area contributed by atoms with Gasteiger partial charge in [-0.3, -0.25) is 9.59 Å². The van der Waals surface area contributed by atoms with Crippen LogP contribution in [0.3, 0.4) is 0 Å². The highest BCUT2D eigenvalue weighted by molar-refractivity contribution is 9.10. The highest BCUT2D eigenvalue weighted by Crippen LogP contribution is 2.25. The number of pyridine rings is 1. The van der Waals surface area contributed by atoms with E-state index >= 15 is 0 Å². The lowest BCUT2D eigenvalue weighted by Crippen LogP contribution is -2.33. The molecule has 3 aromatic rings. The number of hydrogen-bond acceptors (Lipinski definition) is 5. The van der Waals surface area contributed by atoms with Crippen molar-refractivity contribution in [1.29, 1.82) is 5.26 Å². The molecule has 1 amide bonds. The van der Waals surface area contributed by atoms with Crippen LogP contribution in [0.2, 0.25) is 0 Å². The van der Waals surface area contributed by atoms with E-state index in [0.29, 0.717) is 15.7 Å². The first kappa shape index (κ1) is 26.1. The van der Waals surface area contributed by atoms with E-state index in [4.69, 9.17) is 4.74 Å². The van der Waals surface area contributed by atoms with Crippen LogP contribution in [-0.2, 0) is 22.7 Å². The van der Waals surface area contributed by atoms with Gasteiger partial charge in [-0.2, -0.15) is 10.4 Å². The van der Waals surface area contributed by atoms with Crippen molar-refractivity contribution in [2.24, 2.45) is 5.10 Å². The summed E-state index contributed by atoms with van der Waals surface area (Å²) < 4.78 is 9.10. The van der Waals surface area contributed by atoms with E-state index in [1.54, 1.807) is 13.1 Å². The van der Waals surface area contributed by atoms with Crippen molar-refractivity contribution in [3.8, 4) is 11.8 Å². The molecule has 0 saturated heterocycles. The van der Waals surface area contributed by atoms with Crippen LogP contribution in [0.4, 0.5) is 0 Å². The Bertz CT molecular complexity index is 1410. The topological polar surface area (TPSA) is 101 Å². The average molecular weight is 538 g/mol. The second-order valence-corrected chi connectivity index (χ2v) is 9.18. The number of amides is 1. The SMILES string of the molecule is COCc1c(Br)c(C)n(CC(=O)N/N=C\c2cc(C)n(-c3c(C)cccc3C)c2C)c(=O)c1C#N. The lowest BCUT2D eigenvalue weighted by molar-refractivity contribution is -0.121. The minimum atomic E-state index is -0.545. The molecule has 1 N–H and O–H groups in total. The molecule has 0 aliphatic heterocycles. The van der Waals surface area contributed by atoms with Crippen molar-refractivity contribution in [2.75, 3.05) is 7.11 Å². The second-order valence-electron chi connectivity index (χ2n) is 8.38. The zero-order chi connectivity index (χ0) is 25.9. The third-order valence-corrected chi connectivity index (χ3v) is 7.03. The van der Waals surface area contributed by atoms with Crippen LogP contribution in [0.25, 0.3) is 5.69 Å². The Balaban J connectivity index is 1.83. The summed E-state index contributed by atoms with van der Waals surface area (Å²) in [6.07, 6.45) is 1.60. The van der Waals surface area contributed by atoms with Crippen LogP contribution in [0.1, 0.15) is 44.9 Å². The summed E-state index contributed by atoms with van der Waals surface area (Å²) in [7, 11) is 1.49. The first-order chi connectivity index (χ1) is 16.6. The molecule has 2 aromatic heterocycles. The van der Waals surface area contributed by atoms with Gasteiger partial charge in [-0.15, -0.1) is 0 Å². The molecule has 182 valence electrons. The molecule has 0 saturated carbocycles. The largest absolute Gasteiger partial charge is 0.380 e. The van der Waals surface area contributed by atoms with Gasteiger partial charge in [0.2, 0.25) is 0 Å². The van der Waals surface area contributed by atoms with E-state index in [2.05, 4.69) is 57.0 Å². The third-order valence-electron chi connectivity index (χ3n) is 5.98. The van der Waals surface area contributed by atoms with Gasteiger partial charge in [0.15, 0.2) is 0 Å². The highest BCUT2D eigenvalue weighted by atomic mass is 79.9. The van der Waals surface area contributed by atoms with Crippen LogP contribution >= 0.6 is 15.9 Å². The minimum Gasteiger partial charge on any atom is -0.380 e. The van der Waals surface area contributed by atoms with Crippen molar-refractivity contribution in [3.05, 3.63) is 84.0 Å². The fraction of sp³-hybridized carbons (Fsp3) is 0.308. The summed E-state index contributed by atoms with van der Waals surface area (Å²) >= 11 is 3.42. The van der Waals surface area contributed by atoms with Gasteiger partial charge in [0.25, 0.3) is 11.5 Å². The molecule has 3 rings (SSSR count). The molecule has 0 atom stereocenters. The minimum absolute atomic E-state index is 0.0560. The molecule has 0 aliphatic carbocycles. The first-order valence-corrected chi connectivity index (χ1v) is 11.8. The molecule has 0 fully saturated rings. The third kappa shape index (κ3) is 5.14. The first-order valence-electron chi connectivity index (χ1n) is 11.0.